The van der Waals surface area contributed by atoms with E-state index in [1.54, 1.807) is 16.8 Å². The van der Waals surface area contributed by atoms with Crippen molar-refractivity contribution < 1.29 is 14.3 Å². The van der Waals surface area contributed by atoms with E-state index in [-0.39, 0.29) is 17.8 Å². The molecule has 0 bridgehead atoms. The minimum Gasteiger partial charge on any atom is -0.454 e. The van der Waals surface area contributed by atoms with Gasteiger partial charge in [-0.3, -0.25) is 9.48 Å². The topological polar surface area (TPSA) is 64.4 Å². The van der Waals surface area contributed by atoms with E-state index < -0.39 is 5.97 Å². The molecule has 0 amide bonds. The fraction of sp³-hybridized carbons (Fsp3) is 0.348. The van der Waals surface area contributed by atoms with Crippen LogP contribution >= 0.6 is 0 Å². The van der Waals surface area contributed by atoms with E-state index >= 15 is 0 Å². The molecule has 1 aliphatic heterocycles. The number of carbonyl (C=O) groups excluding carboxylic acids is 2. The number of allylic oxidation sites excluding steroid dienone is 1. The summed E-state index contributed by atoms with van der Waals surface area (Å²) in [6, 6.07) is 8.09. The summed E-state index contributed by atoms with van der Waals surface area (Å²) < 4.78 is 6.90. The Morgan fingerprint density at radius 2 is 1.86 bits per heavy atom. The number of hydrogen-bond donors (Lipinski definition) is 0. The van der Waals surface area contributed by atoms with Crippen molar-refractivity contribution in [3.8, 4) is 0 Å². The Morgan fingerprint density at radius 3 is 2.48 bits per heavy atom. The second-order valence-corrected chi connectivity index (χ2v) is 7.85. The number of carbonyl (C=O) groups is 2. The number of para-hydroxylation sites is 1. The lowest BCUT2D eigenvalue weighted by atomic mass is 9.83. The Morgan fingerprint density at radius 1 is 1.17 bits per heavy atom. The Labute approximate surface area is 171 Å². The molecule has 6 heteroatoms. The van der Waals surface area contributed by atoms with E-state index in [2.05, 4.69) is 25.0 Å². The lowest BCUT2D eigenvalue weighted by Crippen LogP contribution is -2.25. The molecule has 152 valence electrons. The number of aryl methyl sites for hydroxylation is 2. The highest BCUT2D eigenvalue weighted by Crippen LogP contribution is 2.46. The van der Waals surface area contributed by atoms with E-state index in [4.69, 9.17) is 4.74 Å². The molecule has 3 rings (SSSR count). The number of esters is 1. The fourth-order valence-electron chi connectivity index (χ4n) is 3.83. The SMILES string of the molecule is Cc1nn(C)c(C)c1/C=C\C(=O)OCC(=O)/C=C1\N(C)c2ccccc2C1(C)C. The third kappa shape index (κ3) is 3.88. The molecular formula is C23H27N3O3. The second-order valence-electron chi connectivity index (χ2n) is 7.85. The first kappa shape index (κ1) is 20.6. The summed E-state index contributed by atoms with van der Waals surface area (Å²) >= 11 is 0. The molecule has 29 heavy (non-hydrogen) atoms. The van der Waals surface area contributed by atoms with Gasteiger partial charge in [0.15, 0.2) is 12.4 Å². The summed E-state index contributed by atoms with van der Waals surface area (Å²) in [5.41, 5.74) is 5.52. The maximum atomic E-state index is 12.5. The highest BCUT2D eigenvalue weighted by Gasteiger charge is 2.38. The lowest BCUT2D eigenvalue weighted by molar-refractivity contribution is -0.141. The molecule has 0 saturated carbocycles. The molecule has 1 aromatic carbocycles. The maximum absolute atomic E-state index is 12.5. The summed E-state index contributed by atoms with van der Waals surface area (Å²) in [6.07, 6.45) is 4.58. The number of anilines is 1. The van der Waals surface area contributed by atoms with Crippen LogP contribution in [0, 0.1) is 13.8 Å². The third-order valence-electron chi connectivity index (χ3n) is 5.55. The van der Waals surface area contributed by atoms with Crippen LogP contribution in [0.3, 0.4) is 0 Å². The molecular weight excluding hydrogens is 366 g/mol. The standard InChI is InChI=1S/C23H27N3O3/c1-15-18(16(2)26(6)24-15)11-12-22(28)29-14-17(27)13-21-23(3,4)19-9-7-8-10-20(19)25(21)5/h7-13H,14H2,1-6H3/b12-11-,21-13-. The number of rotatable bonds is 5. The van der Waals surface area contributed by atoms with Crippen LogP contribution in [0.1, 0.15) is 36.4 Å². The van der Waals surface area contributed by atoms with Gasteiger partial charge in [-0.05, 0) is 31.6 Å². The van der Waals surface area contributed by atoms with E-state index in [1.807, 2.05) is 51.0 Å². The van der Waals surface area contributed by atoms with Gasteiger partial charge in [0.25, 0.3) is 0 Å². The molecule has 1 aliphatic rings. The molecule has 0 unspecified atom stereocenters. The number of aromatic nitrogens is 2. The van der Waals surface area contributed by atoms with Crippen LogP contribution in [0.2, 0.25) is 0 Å². The summed E-state index contributed by atoms with van der Waals surface area (Å²) in [5.74, 6) is -0.801. The van der Waals surface area contributed by atoms with Crippen LogP contribution in [0.15, 0.2) is 42.1 Å². The molecule has 2 heterocycles. The van der Waals surface area contributed by atoms with Gasteiger partial charge in [-0.15, -0.1) is 0 Å². The summed E-state index contributed by atoms with van der Waals surface area (Å²) in [5, 5.41) is 4.30. The van der Waals surface area contributed by atoms with Crippen molar-refractivity contribution in [2.24, 2.45) is 7.05 Å². The van der Waals surface area contributed by atoms with Gasteiger partial charge >= 0.3 is 5.97 Å². The molecule has 2 aromatic rings. The van der Waals surface area contributed by atoms with Gasteiger partial charge in [-0.25, -0.2) is 4.79 Å². The molecule has 6 nitrogen and oxygen atoms in total. The fourth-order valence-corrected chi connectivity index (χ4v) is 3.83. The summed E-state index contributed by atoms with van der Waals surface area (Å²) in [6.45, 7) is 7.69. The first-order valence-corrected chi connectivity index (χ1v) is 9.56. The molecule has 1 aromatic heterocycles. The Kier molecular flexibility index (Phi) is 5.46. The Bertz CT molecular complexity index is 1030. The lowest BCUT2D eigenvalue weighted by Gasteiger charge is -2.23. The predicted octanol–water partition coefficient (Wildman–Crippen LogP) is 3.47. The van der Waals surface area contributed by atoms with Gasteiger partial charge in [-0.2, -0.15) is 5.10 Å². The van der Waals surface area contributed by atoms with Crippen LogP contribution in [-0.4, -0.2) is 35.2 Å². The number of fused-ring (bicyclic) bond motifs is 1. The Balaban J connectivity index is 1.65. The number of likely N-dealkylation sites (N-methyl/N-ethyl adjacent to an activating group) is 1. The molecule has 0 aliphatic carbocycles. The van der Waals surface area contributed by atoms with Crippen LogP contribution in [-0.2, 0) is 26.8 Å². The quantitative estimate of drug-likeness (QED) is 0.575. The highest BCUT2D eigenvalue weighted by molar-refractivity contribution is 5.96. The van der Waals surface area contributed by atoms with Crippen molar-refractivity contribution in [3.05, 3.63) is 64.6 Å². The minimum absolute atomic E-state index is 0.247. The van der Waals surface area contributed by atoms with Crippen molar-refractivity contribution in [1.82, 2.24) is 9.78 Å². The molecule has 0 fully saturated rings. The van der Waals surface area contributed by atoms with Crippen LogP contribution in [0.4, 0.5) is 5.69 Å². The molecule has 0 saturated heterocycles. The van der Waals surface area contributed by atoms with Crippen LogP contribution in [0.25, 0.3) is 6.08 Å². The smallest absolute Gasteiger partial charge is 0.331 e. The van der Waals surface area contributed by atoms with E-state index in [1.165, 1.54) is 11.6 Å². The largest absolute Gasteiger partial charge is 0.454 e. The van der Waals surface area contributed by atoms with Crippen LogP contribution in [0.5, 0.6) is 0 Å². The van der Waals surface area contributed by atoms with E-state index in [9.17, 15) is 9.59 Å². The average Bonchev–Trinajstić information content (AvgIpc) is 3.03. The first-order chi connectivity index (χ1) is 13.6. The Hall–Kier alpha value is -3.15. The highest BCUT2D eigenvalue weighted by atomic mass is 16.5. The zero-order valence-electron chi connectivity index (χ0n) is 17.8. The van der Waals surface area contributed by atoms with E-state index in [0.29, 0.717) is 0 Å². The van der Waals surface area contributed by atoms with E-state index in [0.717, 1.165) is 28.3 Å². The summed E-state index contributed by atoms with van der Waals surface area (Å²) in [7, 11) is 3.80. The molecule has 0 spiro atoms. The monoisotopic (exact) mass is 393 g/mol. The number of nitrogens with zero attached hydrogens (tertiary/aromatic N) is 3. The first-order valence-electron chi connectivity index (χ1n) is 9.56. The maximum Gasteiger partial charge on any atom is 0.331 e. The van der Waals surface area contributed by atoms with Crippen molar-refractivity contribution in [2.75, 3.05) is 18.6 Å². The molecule has 0 radical (unpaired) electrons. The number of ether oxygens (including phenoxy) is 1. The normalized spacial score (nSPS) is 16.5. The van der Waals surface area contributed by atoms with Gasteiger partial charge in [0.1, 0.15) is 0 Å². The van der Waals surface area contributed by atoms with Crippen molar-refractivity contribution in [3.63, 3.8) is 0 Å². The van der Waals surface area contributed by atoms with Gasteiger partial charge in [-0.1, -0.05) is 32.0 Å². The van der Waals surface area contributed by atoms with Crippen molar-refractivity contribution in [1.29, 1.82) is 0 Å². The van der Waals surface area contributed by atoms with Gasteiger partial charge in [0.05, 0.1) is 5.69 Å². The minimum atomic E-state index is -0.554. The molecule has 0 N–H and O–H groups in total. The predicted molar refractivity (Wildman–Crippen MR) is 114 cm³/mol. The van der Waals surface area contributed by atoms with Gasteiger partial charge in [0.2, 0.25) is 0 Å². The molecule has 0 atom stereocenters. The van der Waals surface area contributed by atoms with Gasteiger partial charge < -0.3 is 9.64 Å². The zero-order chi connectivity index (χ0) is 21.3. The van der Waals surface area contributed by atoms with Crippen LogP contribution < -0.4 is 4.90 Å². The average molecular weight is 393 g/mol. The third-order valence-corrected chi connectivity index (χ3v) is 5.55. The second kappa shape index (κ2) is 7.70. The summed E-state index contributed by atoms with van der Waals surface area (Å²) in [4.78, 5) is 26.5. The van der Waals surface area contributed by atoms with Crippen molar-refractivity contribution in [2.45, 2.75) is 33.1 Å². The zero-order valence-corrected chi connectivity index (χ0v) is 17.8. The van der Waals surface area contributed by atoms with Gasteiger partial charge in [0, 0.05) is 54.3 Å². The number of ketones is 1. The van der Waals surface area contributed by atoms with Crippen molar-refractivity contribution >= 4 is 23.5 Å². The number of benzene rings is 1. The number of hydrogen-bond acceptors (Lipinski definition) is 5.